The van der Waals surface area contributed by atoms with Crippen molar-refractivity contribution in [1.82, 2.24) is 10.4 Å². The molecule has 4 aliphatic carbocycles. The molecule has 5 rings (SSSR count). The van der Waals surface area contributed by atoms with Crippen LogP contribution in [0.15, 0.2) is 0 Å². The number of hydrogen-bond acceptors (Lipinski definition) is 5. The number of carboxylic acids is 2. The predicted octanol–water partition coefficient (Wildman–Crippen LogP) is 6.04. The standard InChI is InChI=1S/C33H54N2O6/c36-30(37)28-14-12-25(18-23-8-3-1-4-9-23)20-27(28)22-41-34-16-7-17-35-32(40)33(35)21-26(13-15-29(33)31(38)39)19-24-10-5-2-6-11-24/h23-29,34H,1-22H2,(H,36,37)(H,38,39). The van der Waals surface area contributed by atoms with Crippen LogP contribution in [-0.4, -0.2) is 58.2 Å². The van der Waals surface area contributed by atoms with Crippen LogP contribution < -0.4 is 5.48 Å². The number of carboxylic acid groups (broad SMARTS) is 2. The normalized spacial score (nSPS) is 35.1. The first-order valence-electron chi connectivity index (χ1n) is 17.0. The third-order valence-corrected chi connectivity index (χ3v) is 11.6. The summed E-state index contributed by atoms with van der Waals surface area (Å²) in [5.41, 5.74) is 2.23. The Morgan fingerprint density at radius 1 is 0.805 bits per heavy atom. The molecule has 4 saturated carbocycles. The molecule has 5 fully saturated rings. The Balaban J connectivity index is 1.05. The second-order valence-corrected chi connectivity index (χ2v) is 14.3. The molecule has 0 aromatic heterocycles. The quantitative estimate of drug-likeness (QED) is 0.140. The Bertz CT molecular complexity index is 900. The van der Waals surface area contributed by atoms with Crippen LogP contribution in [-0.2, 0) is 19.2 Å². The van der Waals surface area contributed by atoms with E-state index in [-0.39, 0.29) is 17.7 Å². The SMILES string of the molecule is O=C(O)C1CCC(CC2CCCCC2)CC1CONCCCN1C(=O)C12CC(CC1CCCCC1)CCC2C(=O)O. The smallest absolute Gasteiger partial charge is 0.309 e. The van der Waals surface area contributed by atoms with E-state index in [2.05, 4.69) is 5.48 Å². The van der Waals surface area contributed by atoms with Gasteiger partial charge >= 0.3 is 11.9 Å². The van der Waals surface area contributed by atoms with Crippen LogP contribution in [0.2, 0.25) is 0 Å². The zero-order valence-electron chi connectivity index (χ0n) is 25.1. The highest BCUT2D eigenvalue weighted by Crippen LogP contribution is 2.53. The molecule has 0 aromatic rings. The lowest BCUT2D eigenvalue weighted by Crippen LogP contribution is -2.42. The van der Waals surface area contributed by atoms with Gasteiger partial charge in [-0.15, -0.1) is 0 Å². The number of hydroxylamine groups is 1. The van der Waals surface area contributed by atoms with E-state index in [1.165, 1.54) is 70.6 Å². The molecule has 6 unspecified atom stereocenters. The van der Waals surface area contributed by atoms with Crippen molar-refractivity contribution in [2.24, 2.45) is 41.4 Å². The van der Waals surface area contributed by atoms with Gasteiger partial charge < -0.3 is 20.0 Å². The van der Waals surface area contributed by atoms with E-state index in [1.54, 1.807) is 0 Å². The first-order chi connectivity index (χ1) is 19.9. The number of carbonyl (C=O) groups excluding carboxylic acids is 1. The van der Waals surface area contributed by atoms with Gasteiger partial charge in [0.2, 0.25) is 5.91 Å². The van der Waals surface area contributed by atoms with E-state index < -0.39 is 23.4 Å². The number of aliphatic carboxylic acids is 2. The van der Waals surface area contributed by atoms with Crippen LogP contribution in [0.4, 0.5) is 0 Å². The summed E-state index contributed by atoms with van der Waals surface area (Å²) < 4.78 is 0. The number of amides is 1. The Morgan fingerprint density at radius 2 is 1.44 bits per heavy atom. The van der Waals surface area contributed by atoms with Crippen molar-refractivity contribution in [2.45, 2.75) is 128 Å². The minimum absolute atomic E-state index is 0.0228. The summed E-state index contributed by atoms with van der Waals surface area (Å²) in [5.74, 6) is 0.180. The van der Waals surface area contributed by atoms with Crippen molar-refractivity contribution in [1.29, 1.82) is 0 Å². The minimum Gasteiger partial charge on any atom is -0.481 e. The molecule has 1 spiro atoms. The van der Waals surface area contributed by atoms with Crippen molar-refractivity contribution < 1.29 is 29.4 Å². The van der Waals surface area contributed by atoms with E-state index >= 15 is 0 Å². The van der Waals surface area contributed by atoms with Crippen LogP contribution in [0.1, 0.15) is 122 Å². The molecule has 0 bridgehead atoms. The Hall–Kier alpha value is -1.67. The molecule has 1 amide bonds. The van der Waals surface area contributed by atoms with Gasteiger partial charge in [0.1, 0.15) is 5.54 Å². The zero-order chi connectivity index (χ0) is 28.8. The van der Waals surface area contributed by atoms with Crippen LogP contribution in [0, 0.1) is 41.4 Å². The monoisotopic (exact) mass is 574 g/mol. The highest BCUT2D eigenvalue weighted by molar-refractivity contribution is 6.06. The van der Waals surface area contributed by atoms with Gasteiger partial charge in [0, 0.05) is 13.1 Å². The first-order valence-corrected chi connectivity index (χ1v) is 17.0. The Kier molecular flexibility index (Phi) is 10.7. The first kappa shape index (κ1) is 30.8. The van der Waals surface area contributed by atoms with E-state index in [1.807, 2.05) is 4.90 Å². The van der Waals surface area contributed by atoms with Gasteiger partial charge in [-0.3, -0.25) is 14.4 Å². The maximum absolute atomic E-state index is 13.1. The average Bonchev–Trinajstić information content (AvgIpc) is 3.51. The molecular formula is C33H54N2O6. The molecule has 6 atom stereocenters. The topological polar surface area (TPSA) is 116 Å². The van der Waals surface area contributed by atoms with Crippen molar-refractivity contribution in [2.75, 3.05) is 19.7 Å². The molecule has 8 nitrogen and oxygen atoms in total. The summed E-state index contributed by atoms with van der Waals surface area (Å²) in [6.45, 7) is 1.49. The van der Waals surface area contributed by atoms with E-state index in [4.69, 9.17) is 4.84 Å². The van der Waals surface area contributed by atoms with Gasteiger partial charge in [-0.25, -0.2) is 5.48 Å². The predicted molar refractivity (Wildman–Crippen MR) is 156 cm³/mol. The summed E-state index contributed by atoms with van der Waals surface area (Å²) >= 11 is 0. The summed E-state index contributed by atoms with van der Waals surface area (Å²) in [5, 5.41) is 19.7. The van der Waals surface area contributed by atoms with Gasteiger partial charge in [-0.1, -0.05) is 64.2 Å². The van der Waals surface area contributed by atoms with Crippen molar-refractivity contribution >= 4 is 17.8 Å². The van der Waals surface area contributed by atoms with Crippen LogP contribution in [0.25, 0.3) is 0 Å². The molecular weight excluding hydrogens is 520 g/mol. The molecule has 232 valence electrons. The Labute approximate surface area is 246 Å². The van der Waals surface area contributed by atoms with Crippen molar-refractivity contribution in [3.8, 4) is 0 Å². The fourth-order valence-electron chi connectivity index (χ4n) is 9.43. The van der Waals surface area contributed by atoms with E-state index in [0.29, 0.717) is 50.8 Å². The molecule has 8 heteroatoms. The summed E-state index contributed by atoms with van der Waals surface area (Å²) in [4.78, 5) is 44.8. The number of hydrogen-bond donors (Lipinski definition) is 3. The van der Waals surface area contributed by atoms with E-state index in [0.717, 1.165) is 43.9 Å². The summed E-state index contributed by atoms with van der Waals surface area (Å²) in [6, 6.07) is 0. The summed E-state index contributed by atoms with van der Waals surface area (Å²) in [7, 11) is 0. The fraction of sp³-hybridized carbons (Fsp3) is 0.909. The highest BCUT2D eigenvalue weighted by atomic mass is 16.6. The second kappa shape index (κ2) is 14.2. The van der Waals surface area contributed by atoms with Crippen molar-refractivity contribution in [3.05, 3.63) is 0 Å². The molecule has 5 aliphatic rings. The molecule has 0 aromatic carbocycles. The number of carbonyl (C=O) groups is 3. The lowest BCUT2D eigenvalue weighted by molar-refractivity contribution is -0.148. The zero-order valence-corrected chi connectivity index (χ0v) is 25.1. The molecule has 41 heavy (non-hydrogen) atoms. The highest BCUT2D eigenvalue weighted by Gasteiger charge is 2.69. The molecule has 0 radical (unpaired) electrons. The maximum Gasteiger partial charge on any atom is 0.309 e. The number of nitrogens with zero attached hydrogens (tertiary/aromatic N) is 1. The fourth-order valence-corrected chi connectivity index (χ4v) is 9.43. The minimum atomic E-state index is -0.833. The lowest BCUT2D eigenvalue weighted by atomic mass is 9.69. The van der Waals surface area contributed by atoms with Gasteiger partial charge in [0.25, 0.3) is 0 Å². The van der Waals surface area contributed by atoms with Crippen LogP contribution in [0.5, 0.6) is 0 Å². The third-order valence-electron chi connectivity index (χ3n) is 11.6. The largest absolute Gasteiger partial charge is 0.481 e. The maximum atomic E-state index is 13.1. The van der Waals surface area contributed by atoms with Crippen LogP contribution in [0.3, 0.4) is 0 Å². The molecule has 3 N–H and O–H groups in total. The summed E-state index contributed by atoms with van der Waals surface area (Å²) in [6.07, 6.45) is 21.2. The second-order valence-electron chi connectivity index (χ2n) is 14.3. The van der Waals surface area contributed by atoms with Gasteiger partial charge in [-0.2, -0.15) is 0 Å². The van der Waals surface area contributed by atoms with Crippen molar-refractivity contribution in [3.63, 3.8) is 0 Å². The average molecular weight is 575 g/mol. The molecule has 1 saturated heterocycles. The third kappa shape index (κ3) is 7.46. The van der Waals surface area contributed by atoms with Gasteiger partial charge in [0.15, 0.2) is 0 Å². The number of nitrogens with one attached hydrogen (secondary N) is 1. The molecule has 1 aliphatic heterocycles. The lowest BCUT2D eigenvalue weighted by Gasteiger charge is -2.36. The van der Waals surface area contributed by atoms with E-state index in [9.17, 15) is 24.6 Å². The number of rotatable bonds is 13. The van der Waals surface area contributed by atoms with Crippen LogP contribution >= 0.6 is 0 Å². The molecule has 1 heterocycles. The Morgan fingerprint density at radius 3 is 2.07 bits per heavy atom. The van der Waals surface area contributed by atoms with Gasteiger partial charge in [-0.05, 0) is 87.4 Å². The van der Waals surface area contributed by atoms with Gasteiger partial charge in [0.05, 0.1) is 18.4 Å².